The summed E-state index contributed by atoms with van der Waals surface area (Å²) >= 11 is 0. The number of pyridine rings is 1. The fourth-order valence-electron chi connectivity index (χ4n) is 2.72. The quantitative estimate of drug-likeness (QED) is 0.698. The van der Waals surface area contributed by atoms with Crippen LogP contribution in [0.3, 0.4) is 0 Å². The summed E-state index contributed by atoms with van der Waals surface area (Å²) in [5.41, 5.74) is 5.74. The van der Waals surface area contributed by atoms with Gasteiger partial charge in [0.25, 0.3) is 0 Å². The lowest BCUT2D eigenvalue weighted by Gasteiger charge is -2.20. The van der Waals surface area contributed by atoms with E-state index in [1.807, 2.05) is 12.3 Å². The zero-order chi connectivity index (χ0) is 12.7. The minimum Gasteiger partial charge on any atom is -0.385 e. The summed E-state index contributed by atoms with van der Waals surface area (Å²) in [5, 5.41) is 3.45. The van der Waals surface area contributed by atoms with Crippen LogP contribution in [0.25, 0.3) is 22.4 Å². The van der Waals surface area contributed by atoms with Crippen molar-refractivity contribution >= 4 is 16.7 Å². The molecule has 4 rings (SSSR count). The predicted molar refractivity (Wildman–Crippen MR) is 76.1 cm³/mol. The number of H-pyrrole nitrogens is 1. The molecule has 4 heteroatoms. The third-order valence-electron chi connectivity index (χ3n) is 3.63. The zero-order valence-corrected chi connectivity index (χ0v) is 10.5. The molecule has 19 heavy (non-hydrogen) atoms. The number of imidazole rings is 1. The van der Waals surface area contributed by atoms with E-state index < -0.39 is 0 Å². The Hall–Kier alpha value is -2.36. The number of hydrogen-bond acceptors (Lipinski definition) is 3. The topological polar surface area (TPSA) is 53.6 Å². The van der Waals surface area contributed by atoms with E-state index in [-0.39, 0.29) is 0 Å². The van der Waals surface area contributed by atoms with Gasteiger partial charge in [-0.2, -0.15) is 0 Å². The second-order valence-electron chi connectivity index (χ2n) is 4.84. The Morgan fingerprint density at radius 3 is 3.11 bits per heavy atom. The van der Waals surface area contributed by atoms with E-state index in [0.29, 0.717) is 0 Å². The number of benzene rings is 1. The Bertz CT molecular complexity index is 712. The SMILES string of the molecule is c1cc2c(c(-c3nc4ccncc4[nH]3)c1)CCCN2. The number of nitrogens with one attached hydrogen (secondary N) is 2. The lowest BCUT2D eigenvalue weighted by Crippen LogP contribution is -2.12. The van der Waals surface area contributed by atoms with E-state index >= 15 is 0 Å². The Morgan fingerprint density at radius 2 is 2.16 bits per heavy atom. The van der Waals surface area contributed by atoms with Gasteiger partial charge in [0.15, 0.2) is 0 Å². The van der Waals surface area contributed by atoms with Crippen molar-refractivity contribution in [3.63, 3.8) is 0 Å². The van der Waals surface area contributed by atoms with Crippen LogP contribution in [-0.4, -0.2) is 21.5 Å². The maximum absolute atomic E-state index is 4.67. The van der Waals surface area contributed by atoms with Crippen LogP contribution in [0.4, 0.5) is 5.69 Å². The van der Waals surface area contributed by atoms with Crippen LogP contribution in [-0.2, 0) is 6.42 Å². The molecule has 0 aliphatic carbocycles. The molecule has 1 aromatic carbocycles. The van der Waals surface area contributed by atoms with Crippen LogP contribution in [0.15, 0.2) is 36.7 Å². The smallest absolute Gasteiger partial charge is 0.138 e. The zero-order valence-electron chi connectivity index (χ0n) is 10.5. The fourth-order valence-corrected chi connectivity index (χ4v) is 2.72. The average molecular weight is 250 g/mol. The Labute approximate surface area is 110 Å². The molecule has 0 saturated heterocycles. The minimum atomic E-state index is 0.934. The number of anilines is 1. The molecular formula is C15H14N4. The van der Waals surface area contributed by atoms with Gasteiger partial charge in [0.2, 0.25) is 0 Å². The van der Waals surface area contributed by atoms with Gasteiger partial charge in [0, 0.05) is 24.0 Å². The highest BCUT2D eigenvalue weighted by atomic mass is 14.9. The second kappa shape index (κ2) is 4.09. The van der Waals surface area contributed by atoms with Crippen LogP contribution in [0.2, 0.25) is 0 Å². The molecular weight excluding hydrogens is 236 g/mol. The lowest BCUT2D eigenvalue weighted by atomic mass is 9.97. The highest BCUT2D eigenvalue weighted by Gasteiger charge is 2.15. The van der Waals surface area contributed by atoms with Crippen molar-refractivity contribution in [1.29, 1.82) is 0 Å². The third kappa shape index (κ3) is 1.68. The summed E-state index contributed by atoms with van der Waals surface area (Å²) in [5.74, 6) is 0.934. The monoisotopic (exact) mass is 250 g/mol. The average Bonchev–Trinajstić information content (AvgIpc) is 2.90. The number of fused-ring (bicyclic) bond motifs is 2. The molecule has 1 aliphatic rings. The Kier molecular flexibility index (Phi) is 2.27. The van der Waals surface area contributed by atoms with E-state index in [2.05, 4.69) is 38.5 Å². The Morgan fingerprint density at radius 1 is 1.16 bits per heavy atom. The van der Waals surface area contributed by atoms with Crippen LogP contribution in [0.1, 0.15) is 12.0 Å². The number of aromatic nitrogens is 3. The van der Waals surface area contributed by atoms with Gasteiger partial charge in [-0.15, -0.1) is 0 Å². The van der Waals surface area contributed by atoms with Crippen molar-refractivity contribution in [2.24, 2.45) is 0 Å². The lowest BCUT2D eigenvalue weighted by molar-refractivity contribution is 0.831. The summed E-state index contributed by atoms with van der Waals surface area (Å²) in [6.45, 7) is 1.06. The molecule has 4 nitrogen and oxygen atoms in total. The summed E-state index contributed by atoms with van der Waals surface area (Å²) in [4.78, 5) is 12.2. The Balaban J connectivity index is 1.92. The van der Waals surface area contributed by atoms with Crippen molar-refractivity contribution in [3.8, 4) is 11.4 Å². The van der Waals surface area contributed by atoms with Crippen molar-refractivity contribution in [2.45, 2.75) is 12.8 Å². The van der Waals surface area contributed by atoms with Crippen LogP contribution in [0.5, 0.6) is 0 Å². The minimum absolute atomic E-state index is 0.934. The normalized spacial score (nSPS) is 14.1. The molecule has 0 fully saturated rings. The van der Waals surface area contributed by atoms with Crippen LogP contribution in [0, 0.1) is 0 Å². The number of nitrogens with zero attached hydrogens (tertiary/aromatic N) is 2. The van der Waals surface area contributed by atoms with Crippen LogP contribution >= 0.6 is 0 Å². The molecule has 0 atom stereocenters. The highest BCUT2D eigenvalue weighted by molar-refractivity contribution is 5.80. The third-order valence-corrected chi connectivity index (χ3v) is 3.63. The van der Waals surface area contributed by atoms with Gasteiger partial charge in [-0.1, -0.05) is 12.1 Å². The van der Waals surface area contributed by atoms with Gasteiger partial charge in [0.1, 0.15) is 5.82 Å². The number of aromatic amines is 1. The molecule has 2 N–H and O–H groups in total. The molecule has 2 aromatic heterocycles. The summed E-state index contributed by atoms with van der Waals surface area (Å²) in [6.07, 6.45) is 5.87. The molecule has 0 unspecified atom stereocenters. The van der Waals surface area contributed by atoms with Gasteiger partial charge < -0.3 is 10.3 Å². The van der Waals surface area contributed by atoms with Crippen LogP contribution < -0.4 is 5.32 Å². The first-order chi connectivity index (χ1) is 9.42. The van der Waals surface area contributed by atoms with Crippen molar-refractivity contribution in [1.82, 2.24) is 15.0 Å². The molecule has 0 amide bonds. The van der Waals surface area contributed by atoms with Gasteiger partial charge in [0.05, 0.1) is 17.2 Å². The van der Waals surface area contributed by atoms with Crippen molar-refractivity contribution < 1.29 is 0 Å². The van der Waals surface area contributed by atoms with Gasteiger partial charge in [-0.3, -0.25) is 4.98 Å². The standard InChI is InChI=1S/C15H14N4/c1-3-11(10-4-2-7-17-12(10)5-1)15-18-13-6-8-16-9-14(13)19-15/h1,3,5-6,8-9,17H,2,4,7H2,(H,18,19). The second-order valence-corrected chi connectivity index (χ2v) is 4.84. The molecule has 0 spiro atoms. The molecule has 1 aliphatic heterocycles. The fraction of sp³-hybridized carbons (Fsp3) is 0.200. The number of hydrogen-bond donors (Lipinski definition) is 2. The van der Waals surface area contributed by atoms with E-state index in [0.717, 1.165) is 29.8 Å². The highest BCUT2D eigenvalue weighted by Crippen LogP contribution is 2.31. The molecule has 94 valence electrons. The summed E-state index contributed by atoms with van der Waals surface area (Å²) < 4.78 is 0. The predicted octanol–water partition coefficient (Wildman–Crippen LogP) is 2.98. The van der Waals surface area contributed by atoms with Crippen molar-refractivity contribution in [2.75, 3.05) is 11.9 Å². The number of rotatable bonds is 1. The molecule has 0 radical (unpaired) electrons. The van der Waals surface area contributed by atoms with Gasteiger partial charge >= 0.3 is 0 Å². The first kappa shape index (κ1) is 10.6. The molecule has 0 saturated carbocycles. The maximum atomic E-state index is 4.67. The maximum Gasteiger partial charge on any atom is 0.138 e. The van der Waals surface area contributed by atoms with Crippen molar-refractivity contribution in [3.05, 3.63) is 42.2 Å². The summed E-state index contributed by atoms with van der Waals surface area (Å²) in [7, 11) is 0. The van der Waals surface area contributed by atoms with Gasteiger partial charge in [-0.05, 0) is 30.5 Å². The van der Waals surface area contributed by atoms with Gasteiger partial charge in [-0.25, -0.2) is 4.98 Å². The largest absolute Gasteiger partial charge is 0.385 e. The first-order valence-corrected chi connectivity index (χ1v) is 6.58. The first-order valence-electron chi connectivity index (χ1n) is 6.58. The molecule has 0 bridgehead atoms. The van der Waals surface area contributed by atoms with E-state index in [4.69, 9.17) is 0 Å². The molecule has 3 aromatic rings. The van der Waals surface area contributed by atoms with E-state index in [1.54, 1.807) is 6.20 Å². The molecule has 3 heterocycles. The van der Waals surface area contributed by atoms with E-state index in [9.17, 15) is 0 Å². The van der Waals surface area contributed by atoms with E-state index in [1.165, 1.54) is 23.2 Å². The summed E-state index contributed by atoms with van der Waals surface area (Å²) in [6, 6.07) is 8.29.